The molecule has 1 heterocycles. The molecule has 0 unspecified atom stereocenters. The molecule has 1 aliphatic heterocycles. The fraction of sp³-hybridized carbons (Fsp3) is 0.200. The molecule has 0 saturated heterocycles. The highest BCUT2D eigenvalue weighted by molar-refractivity contribution is 6.13. The van der Waals surface area contributed by atoms with Gasteiger partial charge in [-0.1, -0.05) is 0 Å². The summed E-state index contributed by atoms with van der Waals surface area (Å²) in [6, 6.07) is 7.50. The van der Waals surface area contributed by atoms with Crippen molar-refractivity contribution in [3.63, 3.8) is 0 Å². The summed E-state index contributed by atoms with van der Waals surface area (Å²) in [7, 11) is 5.75. The van der Waals surface area contributed by atoms with E-state index in [1.807, 2.05) is 0 Å². The van der Waals surface area contributed by atoms with Crippen molar-refractivity contribution < 1.29 is 33.4 Å². The number of nitrogens with zero attached hydrogens (tertiary/aromatic N) is 2. The lowest BCUT2D eigenvalue weighted by molar-refractivity contribution is -0.385. The van der Waals surface area contributed by atoms with Crippen LogP contribution in [0.2, 0.25) is 0 Å². The van der Waals surface area contributed by atoms with E-state index in [1.54, 1.807) is 18.2 Å². The third kappa shape index (κ3) is 4.02. The highest BCUT2D eigenvalue weighted by Gasteiger charge is 2.27. The Morgan fingerprint density at radius 3 is 2.07 bits per heavy atom. The molecule has 10 heteroatoms. The van der Waals surface area contributed by atoms with E-state index in [0.717, 1.165) is 0 Å². The van der Waals surface area contributed by atoms with Crippen molar-refractivity contribution >= 4 is 23.6 Å². The minimum Gasteiger partial charge on any atom is -0.497 e. The van der Waals surface area contributed by atoms with Crippen molar-refractivity contribution in [1.29, 1.82) is 0 Å². The Morgan fingerprint density at radius 2 is 1.53 bits per heavy atom. The molecule has 0 atom stereocenters. The lowest BCUT2D eigenvalue weighted by Crippen LogP contribution is -2.06. The van der Waals surface area contributed by atoms with Crippen LogP contribution in [0.25, 0.3) is 6.08 Å². The van der Waals surface area contributed by atoms with Crippen molar-refractivity contribution in [1.82, 2.24) is 0 Å². The average molecular weight is 414 g/mol. The summed E-state index contributed by atoms with van der Waals surface area (Å²) in [6.45, 7) is 0. The van der Waals surface area contributed by atoms with E-state index in [-0.39, 0.29) is 34.3 Å². The lowest BCUT2D eigenvalue weighted by atomic mass is 10.1. The first-order chi connectivity index (χ1) is 14.4. The van der Waals surface area contributed by atoms with E-state index in [2.05, 4.69) is 4.99 Å². The third-order valence-electron chi connectivity index (χ3n) is 4.24. The average Bonchev–Trinajstić information content (AvgIpc) is 3.12. The van der Waals surface area contributed by atoms with Gasteiger partial charge in [0.2, 0.25) is 5.90 Å². The van der Waals surface area contributed by atoms with Gasteiger partial charge in [0.05, 0.1) is 45.0 Å². The van der Waals surface area contributed by atoms with Crippen LogP contribution in [-0.2, 0) is 9.53 Å². The molecular weight excluding hydrogens is 396 g/mol. The first-order valence-corrected chi connectivity index (χ1v) is 8.56. The van der Waals surface area contributed by atoms with Crippen LogP contribution < -0.4 is 18.9 Å². The molecule has 156 valence electrons. The number of methoxy groups -OCH3 is 4. The lowest BCUT2D eigenvalue weighted by Gasteiger charge is -2.08. The summed E-state index contributed by atoms with van der Waals surface area (Å²) in [5, 5.41) is 11.5. The SMILES string of the molecule is COc1cc(OC)cc(C2=N/C(=C\c3cc(OC)c(OC)cc3[N+](=O)[O-])C(=O)O2)c1. The molecule has 1 aliphatic rings. The van der Waals surface area contributed by atoms with Crippen molar-refractivity contribution in [2.24, 2.45) is 4.99 Å². The largest absolute Gasteiger partial charge is 0.497 e. The van der Waals surface area contributed by atoms with Crippen LogP contribution in [0, 0.1) is 10.1 Å². The van der Waals surface area contributed by atoms with Crippen LogP contribution in [0.3, 0.4) is 0 Å². The molecule has 2 aromatic carbocycles. The summed E-state index contributed by atoms with van der Waals surface area (Å²) in [6.07, 6.45) is 1.26. The predicted octanol–water partition coefficient (Wildman–Crippen LogP) is 2.97. The first kappa shape index (κ1) is 20.6. The zero-order valence-corrected chi connectivity index (χ0v) is 16.6. The van der Waals surface area contributed by atoms with E-state index >= 15 is 0 Å². The molecule has 10 nitrogen and oxygen atoms in total. The number of nitro benzene ring substituents is 1. The fourth-order valence-corrected chi connectivity index (χ4v) is 2.77. The molecule has 0 N–H and O–H groups in total. The van der Waals surface area contributed by atoms with E-state index in [1.165, 1.54) is 46.6 Å². The quantitative estimate of drug-likeness (QED) is 0.294. The van der Waals surface area contributed by atoms with E-state index in [0.29, 0.717) is 17.1 Å². The van der Waals surface area contributed by atoms with Crippen LogP contribution in [0.15, 0.2) is 41.0 Å². The zero-order valence-electron chi connectivity index (χ0n) is 16.6. The smallest absolute Gasteiger partial charge is 0.363 e. The van der Waals surface area contributed by atoms with Gasteiger partial charge in [0.15, 0.2) is 17.2 Å². The fourth-order valence-electron chi connectivity index (χ4n) is 2.77. The van der Waals surface area contributed by atoms with Gasteiger partial charge >= 0.3 is 5.97 Å². The number of hydrogen-bond acceptors (Lipinski definition) is 9. The Kier molecular flexibility index (Phi) is 5.86. The summed E-state index contributed by atoms with van der Waals surface area (Å²) in [5.74, 6) is 0.686. The number of aliphatic imine (C=N–C) groups is 1. The predicted molar refractivity (Wildman–Crippen MR) is 106 cm³/mol. The zero-order chi connectivity index (χ0) is 21.8. The molecule has 0 bridgehead atoms. The first-order valence-electron chi connectivity index (χ1n) is 8.56. The van der Waals surface area contributed by atoms with Crippen molar-refractivity contribution in [2.75, 3.05) is 28.4 Å². The number of hydrogen-bond donors (Lipinski definition) is 0. The number of carbonyl (C=O) groups is 1. The molecule has 0 fully saturated rings. The van der Waals surface area contributed by atoms with Crippen LogP contribution in [0.1, 0.15) is 11.1 Å². The van der Waals surface area contributed by atoms with Gasteiger partial charge in [0, 0.05) is 11.6 Å². The Labute approximate surface area is 171 Å². The van der Waals surface area contributed by atoms with E-state index < -0.39 is 10.9 Å². The number of nitro groups is 1. The standard InChI is InChI=1S/C20H18N2O8/c1-26-13-5-12(6-14(9-13)27-2)19-21-15(20(23)30-19)7-11-8-17(28-3)18(29-4)10-16(11)22(24)25/h5-10H,1-4H3/b15-7-. The molecule has 0 aliphatic carbocycles. The molecule has 30 heavy (non-hydrogen) atoms. The van der Waals surface area contributed by atoms with Gasteiger partial charge in [-0.3, -0.25) is 10.1 Å². The minimum atomic E-state index is -0.754. The third-order valence-corrected chi connectivity index (χ3v) is 4.24. The second-order valence-corrected chi connectivity index (χ2v) is 5.96. The molecule has 0 saturated carbocycles. The maximum absolute atomic E-state index is 12.3. The second-order valence-electron chi connectivity index (χ2n) is 5.96. The van der Waals surface area contributed by atoms with Gasteiger partial charge in [-0.25, -0.2) is 9.79 Å². The van der Waals surface area contributed by atoms with Crippen LogP contribution >= 0.6 is 0 Å². The number of benzene rings is 2. The minimum absolute atomic E-state index is 0.0200. The highest BCUT2D eigenvalue weighted by atomic mass is 16.6. The number of carbonyl (C=O) groups excluding carboxylic acids is 1. The number of rotatable bonds is 7. The summed E-state index contributed by atoms with van der Waals surface area (Å²) >= 11 is 0. The highest BCUT2D eigenvalue weighted by Crippen LogP contribution is 2.36. The van der Waals surface area contributed by atoms with Crippen LogP contribution in [-0.4, -0.2) is 45.2 Å². The maximum atomic E-state index is 12.3. The van der Waals surface area contributed by atoms with E-state index in [4.69, 9.17) is 23.7 Å². The maximum Gasteiger partial charge on any atom is 0.363 e. The Bertz CT molecular complexity index is 1050. The summed E-state index contributed by atoms with van der Waals surface area (Å²) in [5.41, 5.74) is 0.171. The van der Waals surface area contributed by atoms with Gasteiger partial charge < -0.3 is 23.7 Å². The van der Waals surface area contributed by atoms with Gasteiger partial charge in [-0.15, -0.1) is 0 Å². The second kappa shape index (κ2) is 8.52. The van der Waals surface area contributed by atoms with Crippen molar-refractivity contribution in [2.45, 2.75) is 0 Å². The summed E-state index contributed by atoms with van der Waals surface area (Å²) < 4.78 is 25.9. The normalized spacial score (nSPS) is 14.2. The molecule has 0 radical (unpaired) electrons. The monoisotopic (exact) mass is 414 g/mol. The molecule has 0 amide bonds. The Hall–Kier alpha value is -4.08. The molecule has 3 rings (SSSR count). The van der Waals surface area contributed by atoms with Gasteiger partial charge in [-0.05, 0) is 24.3 Å². The van der Waals surface area contributed by atoms with Gasteiger partial charge in [0.1, 0.15) is 11.5 Å². The van der Waals surface area contributed by atoms with Gasteiger partial charge in [0.25, 0.3) is 5.69 Å². The van der Waals surface area contributed by atoms with Crippen LogP contribution in [0.5, 0.6) is 23.0 Å². The Balaban J connectivity index is 2.08. The summed E-state index contributed by atoms with van der Waals surface area (Å²) in [4.78, 5) is 27.4. The van der Waals surface area contributed by atoms with Crippen LogP contribution in [0.4, 0.5) is 5.69 Å². The van der Waals surface area contributed by atoms with E-state index in [9.17, 15) is 14.9 Å². The topological polar surface area (TPSA) is 119 Å². The molecular formula is C20H18N2O8. The van der Waals surface area contributed by atoms with Crippen molar-refractivity contribution in [3.8, 4) is 23.0 Å². The van der Waals surface area contributed by atoms with Gasteiger partial charge in [-0.2, -0.15) is 0 Å². The van der Waals surface area contributed by atoms with Crippen molar-refractivity contribution in [3.05, 3.63) is 57.3 Å². The number of ether oxygens (including phenoxy) is 5. The molecule has 2 aromatic rings. The number of cyclic esters (lactones) is 1. The molecule has 0 spiro atoms. The Morgan fingerprint density at radius 1 is 0.933 bits per heavy atom. The number of esters is 1. The molecule has 0 aromatic heterocycles.